The van der Waals surface area contributed by atoms with E-state index in [-0.39, 0.29) is 10.0 Å². The predicted octanol–water partition coefficient (Wildman–Crippen LogP) is 2.31. The number of sulfonamides is 1. The van der Waals surface area contributed by atoms with Gasteiger partial charge in [-0.2, -0.15) is 9.40 Å². The topological polar surface area (TPSA) is 55.2 Å². The van der Waals surface area contributed by atoms with Gasteiger partial charge in [-0.05, 0) is 25.0 Å². The van der Waals surface area contributed by atoms with Crippen LogP contribution in [0.1, 0.15) is 12.8 Å². The van der Waals surface area contributed by atoms with E-state index in [1.54, 1.807) is 0 Å². The number of benzene rings is 1. The fraction of sp³-hybridized carbons (Fsp3) is 0.308. The molecule has 0 aliphatic carbocycles. The molecular formula is C13H14ClN3O2S. The molecule has 1 aromatic heterocycles. The molecule has 2 heterocycles. The SMILES string of the molecule is O=S(=O)(c1cnn(-c2ccccc2)c1Cl)N1CCCC1. The number of hydrogen-bond acceptors (Lipinski definition) is 3. The molecule has 7 heteroatoms. The molecule has 0 amide bonds. The second-order valence-corrected chi connectivity index (χ2v) is 6.92. The zero-order valence-corrected chi connectivity index (χ0v) is 12.3. The highest BCUT2D eigenvalue weighted by atomic mass is 35.5. The maximum Gasteiger partial charge on any atom is 0.247 e. The summed E-state index contributed by atoms with van der Waals surface area (Å²) in [6.45, 7) is 1.10. The van der Waals surface area contributed by atoms with Crippen LogP contribution in [-0.4, -0.2) is 35.6 Å². The Morgan fingerprint density at radius 1 is 1.10 bits per heavy atom. The summed E-state index contributed by atoms with van der Waals surface area (Å²) >= 11 is 6.22. The van der Waals surface area contributed by atoms with Crippen molar-refractivity contribution in [3.63, 3.8) is 0 Å². The van der Waals surface area contributed by atoms with Crippen LogP contribution in [0.2, 0.25) is 5.15 Å². The third kappa shape index (κ3) is 2.24. The standard InChI is InChI=1S/C13H14ClN3O2S/c14-13-12(20(18,19)16-8-4-5-9-16)10-15-17(13)11-6-2-1-3-7-11/h1-3,6-7,10H,4-5,8-9H2. The Morgan fingerprint density at radius 3 is 2.40 bits per heavy atom. The van der Waals surface area contributed by atoms with Gasteiger partial charge in [-0.1, -0.05) is 29.8 Å². The highest BCUT2D eigenvalue weighted by Crippen LogP contribution is 2.28. The first-order valence-corrected chi connectivity index (χ1v) is 8.21. The fourth-order valence-electron chi connectivity index (χ4n) is 2.31. The summed E-state index contributed by atoms with van der Waals surface area (Å²) in [6.07, 6.45) is 3.11. The minimum atomic E-state index is -3.54. The molecule has 0 radical (unpaired) electrons. The molecule has 2 aromatic rings. The summed E-state index contributed by atoms with van der Waals surface area (Å²) in [5.41, 5.74) is 0.736. The van der Waals surface area contributed by atoms with Gasteiger partial charge in [0.1, 0.15) is 4.90 Å². The number of aromatic nitrogens is 2. The van der Waals surface area contributed by atoms with Crippen LogP contribution in [0.4, 0.5) is 0 Å². The smallest absolute Gasteiger partial charge is 0.221 e. The van der Waals surface area contributed by atoms with Crippen molar-refractivity contribution < 1.29 is 8.42 Å². The lowest BCUT2D eigenvalue weighted by atomic mass is 10.3. The van der Waals surface area contributed by atoms with Crippen molar-refractivity contribution in [2.75, 3.05) is 13.1 Å². The van der Waals surface area contributed by atoms with Crippen LogP contribution in [0, 0.1) is 0 Å². The van der Waals surface area contributed by atoms with E-state index in [1.165, 1.54) is 15.2 Å². The van der Waals surface area contributed by atoms with E-state index in [9.17, 15) is 8.42 Å². The van der Waals surface area contributed by atoms with E-state index in [1.807, 2.05) is 30.3 Å². The average molecular weight is 312 g/mol. The Morgan fingerprint density at radius 2 is 1.75 bits per heavy atom. The molecule has 1 aliphatic rings. The van der Waals surface area contributed by atoms with Crippen LogP contribution in [-0.2, 0) is 10.0 Å². The Bertz CT molecular complexity index is 706. The zero-order valence-electron chi connectivity index (χ0n) is 10.7. The van der Waals surface area contributed by atoms with Crippen LogP contribution in [0.25, 0.3) is 5.69 Å². The van der Waals surface area contributed by atoms with Gasteiger partial charge >= 0.3 is 0 Å². The molecule has 0 unspecified atom stereocenters. The highest BCUT2D eigenvalue weighted by Gasteiger charge is 2.31. The molecule has 0 N–H and O–H groups in total. The molecular weight excluding hydrogens is 298 g/mol. The molecule has 5 nitrogen and oxygen atoms in total. The third-order valence-corrected chi connectivity index (χ3v) is 5.74. The van der Waals surface area contributed by atoms with Gasteiger partial charge in [0.05, 0.1) is 11.9 Å². The summed E-state index contributed by atoms with van der Waals surface area (Å²) in [5, 5.41) is 4.23. The minimum Gasteiger partial charge on any atom is -0.221 e. The van der Waals surface area contributed by atoms with Gasteiger partial charge < -0.3 is 0 Å². The molecule has 0 atom stereocenters. The maximum absolute atomic E-state index is 12.5. The number of halogens is 1. The number of nitrogens with zero attached hydrogens (tertiary/aromatic N) is 3. The van der Waals surface area contributed by atoms with Crippen LogP contribution >= 0.6 is 11.6 Å². The molecule has 0 spiro atoms. The Hall–Kier alpha value is -1.37. The van der Waals surface area contributed by atoms with Crippen molar-refractivity contribution >= 4 is 21.6 Å². The largest absolute Gasteiger partial charge is 0.247 e. The van der Waals surface area contributed by atoms with E-state index < -0.39 is 10.0 Å². The normalized spacial score (nSPS) is 16.6. The molecule has 1 fully saturated rings. The van der Waals surface area contributed by atoms with Crippen molar-refractivity contribution in [2.45, 2.75) is 17.7 Å². The van der Waals surface area contributed by atoms with Crippen molar-refractivity contribution in [3.8, 4) is 5.69 Å². The van der Waals surface area contributed by atoms with Gasteiger partial charge in [0.15, 0.2) is 5.15 Å². The van der Waals surface area contributed by atoms with Crippen molar-refractivity contribution in [1.29, 1.82) is 0 Å². The monoisotopic (exact) mass is 311 g/mol. The van der Waals surface area contributed by atoms with Crippen LogP contribution in [0.3, 0.4) is 0 Å². The summed E-state index contributed by atoms with van der Waals surface area (Å²) in [7, 11) is -3.54. The highest BCUT2D eigenvalue weighted by molar-refractivity contribution is 7.89. The van der Waals surface area contributed by atoms with E-state index in [2.05, 4.69) is 5.10 Å². The third-order valence-electron chi connectivity index (χ3n) is 3.36. The molecule has 20 heavy (non-hydrogen) atoms. The number of para-hydroxylation sites is 1. The molecule has 1 aromatic carbocycles. The Labute approximate surface area is 122 Å². The predicted molar refractivity (Wildman–Crippen MR) is 76.6 cm³/mol. The average Bonchev–Trinajstić information content (AvgIpc) is 3.09. The first-order valence-electron chi connectivity index (χ1n) is 6.40. The lowest BCUT2D eigenvalue weighted by Gasteiger charge is -2.14. The Balaban J connectivity index is 2.03. The molecule has 3 rings (SSSR count). The van der Waals surface area contributed by atoms with Crippen LogP contribution < -0.4 is 0 Å². The number of hydrogen-bond donors (Lipinski definition) is 0. The second-order valence-electron chi connectivity index (χ2n) is 4.66. The van der Waals surface area contributed by atoms with Gasteiger partial charge in [-0.25, -0.2) is 13.1 Å². The van der Waals surface area contributed by atoms with Crippen molar-refractivity contribution in [2.24, 2.45) is 0 Å². The first kappa shape index (κ1) is 13.6. The number of rotatable bonds is 3. The van der Waals surface area contributed by atoms with E-state index >= 15 is 0 Å². The van der Waals surface area contributed by atoms with Crippen molar-refractivity contribution in [3.05, 3.63) is 41.7 Å². The van der Waals surface area contributed by atoms with Gasteiger partial charge in [0, 0.05) is 13.1 Å². The zero-order chi connectivity index (χ0) is 14.2. The lowest BCUT2D eigenvalue weighted by Crippen LogP contribution is -2.27. The summed E-state index contributed by atoms with van der Waals surface area (Å²) < 4.78 is 27.9. The van der Waals surface area contributed by atoms with Crippen molar-refractivity contribution in [1.82, 2.24) is 14.1 Å². The summed E-state index contributed by atoms with van der Waals surface area (Å²) in [6, 6.07) is 9.23. The first-order chi connectivity index (χ1) is 9.60. The summed E-state index contributed by atoms with van der Waals surface area (Å²) in [5.74, 6) is 0. The second kappa shape index (κ2) is 5.20. The molecule has 1 saturated heterocycles. The molecule has 1 aliphatic heterocycles. The summed E-state index contributed by atoms with van der Waals surface area (Å²) in [4.78, 5) is 0.0740. The quantitative estimate of drug-likeness (QED) is 0.874. The van der Waals surface area contributed by atoms with Gasteiger partial charge in [-0.3, -0.25) is 0 Å². The molecule has 0 saturated carbocycles. The van der Waals surface area contributed by atoms with Gasteiger partial charge in [0.2, 0.25) is 10.0 Å². The maximum atomic E-state index is 12.5. The molecule has 106 valence electrons. The van der Waals surface area contributed by atoms with Crippen LogP contribution in [0.5, 0.6) is 0 Å². The van der Waals surface area contributed by atoms with E-state index in [4.69, 9.17) is 11.6 Å². The van der Waals surface area contributed by atoms with E-state index in [0.717, 1.165) is 18.5 Å². The Kier molecular flexibility index (Phi) is 3.54. The van der Waals surface area contributed by atoms with Crippen LogP contribution in [0.15, 0.2) is 41.4 Å². The van der Waals surface area contributed by atoms with Gasteiger partial charge in [0.25, 0.3) is 0 Å². The molecule has 0 bridgehead atoms. The lowest BCUT2D eigenvalue weighted by molar-refractivity contribution is 0.477. The van der Waals surface area contributed by atoms with E-state index in [0.29, 0.717) is 13.1 Å². The minimum absolute atomic E-state index is 0.0740. The fourth-order valence-corrected chi connectivity index (χ4v) is 4.29. The van der Waals surface area contributed by atoms with Gasteiger partial charge in [-0.15, -0.1) is 0 Å².